The monoisotopic (exact) mass is 228 g/mol. The summed E-state index contributed by atoms with van der Waals surface area (Å²) in [6, 6.07) is -0.127. The van der Waals surface area contributed by atoms with Crippen molar-refractivity contribution in [2.75, 3.05) is 13.2 Å². The van der Waals surface area contributed by atoms with E-state index in [0.717, 1.165) is 32.1 Å². The van der Waals surface area contributed by atoms with E-state index in [1.807, 2.05) is 6.92 Å². The van der Waals surface area contributed by atoms with Crippen LogP contribution in [0.1, 0.15) is 45.4 Å². The number of hydrogen-bond donors (Lipinski definition) is 3. The smallest absolute Gasteiger partial charge is 0.227 e. The zero-order valence-corrected chi connectivity index (χ0v) is 10.2. The molecule has 1 aliphatic carbocycles. The highest BCUT2D eigenvalue weighted by atomic mass is 16.3. The van der Waals surface area contributed by atoms with Crippen LogP contribution in [0.5, 0.6) is 0 Å². The maximum absolute atomic E-state index is 12.2. The molecule has 4 N–H and O–H groups in total. The molecule has 0 aromatic carbocycles. The van der Waals surface area contributed by atoms with Gasteiger partial charge in [-0.3, -0.25) is 4.79 Å². The van der Waals surface area contributed by atoms with Crippen LogP contribution in [0.15, 0.2) is 0 Å². The number of carbonyl (C=O) groups is 1. The summed E-state index contributed by atoms with van der Waals surface area (Å²) in [4.78, 5) is 12.2. The van der Waals surface area contributed by atoms with Crippen molar-refractivity contribution >= 4 is 5.91 Å². The highest BCUT2D eigenvalue weighted by molar-refractivity contribution is 5.83. The minimum absolute atomic E-state index is 0.00287. The van der Waals surface area contributed by atoms with Crippen molar-refractivity contribution in [3.05, 3.63) is 0 Å². The Bertz CT molecular complexity index is 221. The summed E-state index contributed by atoms with van der Waals surface area (Å²) in [5.41, 5.74) is 5.40. The van der Waals surface area contributed by atoms with Crippen LogP contribution in [-0.4, -0.2) is 30.2 Å². The third-order valence-corrected chi connectivity index (χ3v) is 3.73. The van der Waals surface area contributed by atoms with E-state index in [0.29, 0.717) is 6.54 Å². The lowest BCUT2D eigenvalue weighted by atomic mass is 9.73. The summed E-state index contributed by atoms with van der Waals surface area (Å²) < 4.78 is 0. The van der Waals surface area contributed by atoms with Crippen molar-refractivity contribution in [2.24, 2.45) is 11.1 Å². The first-order valence-electron chi connectivity index (χ1n) is 6.30. The Morgan fingerprint density at radius 2 is 2.06 bits per heavy atom. The van der Waals surface area contributed by atoms with Gasteiger partial charge in [-0.15, -0.1) is 0 Å². The zero-order valence-electron chi connectivity index (χ0n) is 10.2. The van der Waals surface area contributed by atoms with Crippen LogP contribution in [0.2, 0.25) is 0 Å². The Morgan fingerprint density at radius 3 is 2.50 bits per heavy atom. The van der Waals surface area contributed by atoms with Crippen LogP contribution in [0, 0.1) is 5.41 Å². The van der Waals surface area contributed by atoms with E-state index in [2.05, 4.69) is 5.32 Å². The maximum atomic E-state index is 12.2. The molecule has 0 aliphatic heterocycles. The molecule has 0 aromatic rings. The van der Waals surface area contributed by atoms with Gasteiger partial charge in [0.1, 0.15) is 0 Å². The van der Waals surface area contributed by atoms with E-state index in [4.69, 9.17) is 10.8 Å². The van der Waals surface area contributed by atoms with Crippen LogP contribution < -0.4 is 11.1 Å². The molecule has 1 fully saturated rings. The average molecular weight is 228 g/mol. The number of rotatable bonds is 5. The molecule has 1 aliphatic rings. The highest BCUT2D eigenvalue weighted by Crippen LogP contribution is 2.35. The molecule has 0 heterocycles. The summed E-state index contributed by atoms with van der Waals surface area (Å²) in [6.45, 7) is 2.38. The minimum atomic E-state index is -0.374. The normalized spacial score (nSPS) is 21.4. The predicted octanol–water partition coefficient (Wildman–Crippen LogP) is 0.783. The summed E-state index contributed by atoms with van der Waals surface area (Å²) >= 11 is 0. The molecular formula is C12H24N2O2. The fraction of sp³-hybridized carbons (Fsp3) is 0.917. The number of amides is 1. The van der Waals surface area contributed by atoms with Gasteiger partial charge in [0, 0.05) is 6.54 Å². The number of aliphatic hydroxyl groups is 1. The fourth-order valence-electron chi connectivity index (χ4n) is 2.37. The Kier molecular flexibility index (Phi) is 5.22. The van der Waals surface area contributed by atoms with Gasteiger partial charge in [-0.25, -0.2) is 0 Å². The molecule has 0 unspecified atom stereocenters. The Morgan fingerprint density at radius 1 is 1.44 bits per heavy atom. The van der Waals surface area contributed by atoms with Gasteiger partial charge in [-0.1, -0.05) is 26.2 Å². The molecule has 1 amide bonds. The van der Waals surface area contributed by atoms with E-state index in [1.165, 1.54) is 6.42 Å². The summed E-state index contributed by atoms with van der Waals surface area (Å²) in [5, 5.41) is 12.0. The second-order valence-electron chi connectivity index (χ2n) is 4.81. The molecule has 0 aromatic heterocycles. The van der Waals surface area contributed by atoms with Gasteiger partial charge in [0.05, 0.1) is 18.1 Å². The van der Waals surface area contributed by atoms with Crippen molar-refractivity contribution in [1.29, 1.82) is 0 Å². The lowest BCUT2D eigenvalue weighted by molar-refractivity contribution is -0.133. The van der Waals surface area contributed by atoms with Crippen molar-refractivity contribution in [1.82, 2.24) is 5.32 Å². The van der Waals surface area contributed by atoms with E-state index in [-0.39, 0.29) is 24.0 Å². The zero-order chi connectivity index (χ0) is 12.0. The molecule has 0 bridgehead atoms. The largest absolute Gasteiger partial charge is 0.394 e. The number of hydrogen-bond acceptors (Lipinski definition) is 3. The van der Waals surface area contributed by atoms with Crippen molar-refractivity contribution < 1.29 is 9.90 Å². The molecule has 1 atom stereocenters. The molecule has 4 nitrogen and oxygen atoms in total. The van der Waals surface area contributed by atoms with Crippen molar-refractivity contribution in [3.8, 4) is 0 Å². The van der Waals surface area contributed by atoms with Gasteiger partial charge >= 0.3 is 0 Å². The quantitative estimate of drug-likeness (QED) is 0.651. The van der Waals surface area contributed by atoms with E-state index in [1.54, 1.807) is 0 Å². The predicted molar refractivity (Wildman–Crippen MR) is 63.9 cm³/mol. The summed E-state index contributed by atoms with van der Waals surface area (Å²) in [5.74, 6) is 0.0376. The van der Waals surface area contributed by atoms with Crippen molar-refractivity contribution in [3.63, 3.8) is 0 Å². The molecule has 16 heavy (non-hydrogen) atoms. The number of nitrogens with two attached hydrogens (primary N) is 1. The lowest BCUT2D eigenvalue weighted by Gasteiger charge is -2.35. The van der Waals surface area contributed by atoms with Crippen LogP contribution in [0.4, 0.5) is 0 Å². The van der Waals surface area contributed by atoms with Gasteiger partial charge in [-0.2, -0.15) is 0 Å². The average Bonchev–Trinajstić information content (AvgIpc) is 2.36. The molecule has 0 saturated heterocycles. The SMILES string of the molecule is CC[C@H](CO)NC(=O)C1(CN)CCCCC1. The molecule has 94 valence electrons. The molecule has 0 radical (unpaired) electrons. The molecule has 1 saturated carbocycles. The summed E-state index contributed by atoms with van der Waals surface area (Å²) in [6.07, 6.45) is 5.89. The first kappa shape index (κ1) is 13.5. The second kappa shape index (κ2) is 6.21. The van der Waals surface area contributed by atoms with E-state index in [9.17, 15) is 4.79 Å². The number of carbonyl (C=O) groups excluding carboxylic acids is 1. The van der Waals surface area contributed by atoms with Gasteiger partial charge in [-0.05, 0) is 19.3 Å². The van der Waals surface area contributed by atoms with Crippen LogP contribution in [0.25, 0.3) is 0 Å². The third kappa shape index (κ3) is 2.95. The van der Waals surface area contributed by atoms with Crippen LogP contribution >= 0.6 is 0 Å². The Hall–Kier alpha value is -0.610. The molecule has 1 rings (SSSR count). The topological polar surface area (TPSA) is 75.3 Å². The maximum Gasteiger partial charge on any atom is 0.227 e. The first-order valence-corrected chi connectivity index (χ1v) is 6.30. The molecule has 4 heteroatoms. The minimum Gasteiger partial charge on any atom is -0.394 e. The van der Waals surface area contributed by atoms with Gasteiger partial charge in [0.15, 0.2) is 0 Å². The van der Waals surface area contributed by atoms with Gasteiger partial charge in [0.25, 0.3) is 0 Å². The number of nitrogens with one attached hydrogen (secondary N) is 1. The van der Waals surface area contributed by atoms with Crippen LogP contribution in [0.3, 0.4) is 0 Å². The second-order valence-corrected chi connectivity index (χ2v) is 4.81. The fourth-order valence-corrected chi connectivity index (χ4v) is 2.37. The van der Waals surface area contributed by atoms with Gasteiger partial charge in [0.2, 0.25) is 5.91 Å². The number of aliphatic hydroxyl groups excluding tert-OH is 1. The van der Waals surface area contributed by atoms with Gasteiger partial charge < -0.3 is 16.2 Å². The Labute approximate surface area is 97.6 Å². The van der Waals surface area contributed by atoms with E-state index >= 15 is 0 Å². The first-order chi connectivity index (χ1) is 7.68. The molecule has 0 spiro atoms. The highest BCUT2D eigenvalue weighted by Gasteiger charge is 2.38. The third-order valence-electron chi connectivity index (χ3n) is 3.73. The Balaban J connectivity index is 2.61. The standard InChI is InChI=1S/C12H24N2O2/c1-2-10(8-15)14-11(16)12(9-13)6-4-3-5-7-12/h10,15H,2-9,13H2,1H3,(H,14,16)/t10-/m1/s1. The lowest BCUT2D eigenvalue weighted by Crippen LogP contribution is -2.50. The van der Waals surface area contributed by atoms with Crippen molar-refractivity contribution in [2.45, 2.75) is 51.5 Å². The summed E-state index contributed by atoms with van der Waals surface area (Å²) in [7, 11) is 0. The van der Waals surface area contributed by atoms with Crippen LogP contribution in [-0.2, 0) is 4.79 Å². The van der Waals surface area contributed by atoms with E-state index < -0.39 is 0 Å². The molecular weight excluding hydrogens is 204 g/mol.